The van der Waals surface area contributed by atoms with Crippen LogP contribution in [0.25, 0.3) is 0 Å². The molecule has 1 aliphatic rings. The van der Waals surface area contributed by atoms with Crippen LogP contribution in [-0.4, -0.2) is 18.6 Å². The van der Waals surface area contributed by atoms with Crippen LogP contribution in [-0.2, 0) is 6.61 Å². The summed E-state index contributed by atoms with van der Waals surface area (Å²) in [6.45, 7) is 3.09. The third-order valence-corrected chi connectivity index (χ3v) is 4.95. The molecule has 4 nitrogen and oxygen atoms in total. The number of hydrogen-bond donors (Lipinski definition) is 1. The standard InChI is InChI=1S/C23H29NO3/c1-2-26-21-13-15-22(16-14-21)27-17-18-9-11-19(12-10-18)23(25)24-20-7-5-3-4-6-8-20/h9-16,20H,2-8,17H2,1H3,(H,24,25). The predicted molar refractivity (Wildman–Crippen MR) is 107 cm³/mol. The highest BCUT2D eigenvalue weighted by molar-refractivity contribution is 5.94. The van der Waals surface area contributed by atoms with Gasteiger partial charge in [-0.3, -0.25) is 4.79 Å². The second-order valence-corrected chi connectivity index (χ2v) is 7.05. The maximum atomic E-state index is 12.4. The molecule has 1 aliphatic carbocycles. The number of carbonyl (C=O) groups excluding carboxylic acids is 1. The molecule has 0 spiro atoms. The van der Waals surface area contributed by atoms with Gasteiger partial charge in [0, 0.05) is 11.6 Å². The van der Waals surface area contributed by atoms with Crippen molar-refractivity contribution in [1.82, 2.24) is 5.32 Å². The molecule has 1 amide bonds. The largest absolute Gasteiger partial charge is 0.494 e. The summed E-state index contributed by atoms with van der Waals surface area (Å²) in [6, 6.07) is 15.6. The summed E-state index contributed by atoms with van der Waals surface area (Å²) in [5.41, 5.74) is 1.75. The van der Waals surface area contributed by atoms with E-state index in [-0.39, 0.29) is 5.91 Å². The lowest BCUT2D eigenvalue weighted by atomic mass is 10.1. The third-order valence-electron chi connectivity index (χ3n) is 4.95. The van der Waals surface area contributed by atoms with Crippen LogP contribution in [0.2, 0.25) is 0 Å². The Labute approximate surface area is 161 Å². The van der Waals surface area contributed by atoms with Crippen LogP contribution >= 0.6 is 0 Å². The average molecular weight is 367 g/mol. The van der Waals surface area contributed by atoms with E-state index in [0.717, 1.165) is 29.9 Å². The summed E-state index contributed by atoms with van der Waals surface area (Å²) in [5, 5.41) is 3.19. The Hall–Kier alpha value is -2.49. The quantitative estimate of drug-likeness (QED) is 0.691. The van der Waals surface area contributed by atoms with Crippen LogP contribution in [0.5, 0.6) is 11.5 Å². The van der Waals surface area contributed by atoms with Crippen LogP contribution in [0.4, 0.5) is 0 Å². The van der Waals surface area contributed by atoms with Gasteiger partial charge >= 0.3 is 0 Å². The molecule has 2 aromatic carbocycles. The van der Waals surface area contributed by atoms with Crippen LogP contribution in [0, 0.1) is 0 Å². The zero-order chi connectivity index (χ0) is 18.9. The molecular weight excluding hydrogens is 338 g/mol. The molecule has 0 unspecified atom stereocenters. The Morgan fingerprint density at radius 2 is 1.48 bits per heavy atom. The minimum Gasteiger partial charge on any atom is -0.494 e. The molecule has 1 N–H and O–H groups in total. The minimum atomic E-state index is 0.0286. The summed E-state index contributed by atoms with van der Waals surface area (Å²) in [6.07, 6.45) is 7.20. The van der Waals surface area contributed by atoms with Gasteiger partial charge in [0.1, 0.15) is 18.1 Å². The molecule has 0 saturated heterocycles. The van der Waals surface area contributed by atoms with Crippen molar-refractivity contribution in [3.8, 4) is 11.5 Å². The number of rotatable bonds is 7. The monoisotopic (exact) mass is 367 g/mol. The first-order valence-electron chi connectivity index (χ1n) is 10.00. The predicted octanol–water partition coefficient (Wildman–Crippen LogP) is 5.12. The molecule has 0 heterocycles. The number of amides is 1. The van der Waals surface area contributed by atoms with Crippen LogP contribution in [0.3, 0.4) is 0 Å². The SMILES string of the molecule is CCOc1ccc(OCc2ccc(C(=O)NC3CCCCCC3)cc2)cc1. The van der Waals surface area contributed by atoms with E-state index in [2.05, 4.69) is 5.32 Å². The maximum Gasteiger partial charge on any atom is 0.251 e. The van der Waals surface area contributed by atoms with Crippen LogP contribution < -0.4 is 14.8 Å². The highest BCUT2D eigenvalue weighted by Gasteiger charge is 2.15. The van der Waals surface area contributed by atoms with E-state index in [1.165, 1.54) is 25.7 Å². The number of benzene rings is 2. The van der Waals surface area contributed by atoms with E-state index >= 15 is 0 Å². The molecule has 1 fully saturated rings. The summed E-state index contributed by atoms with van der Waals surface area (Å²) in [7, 11) is 0. The lowest BCUT2D eigenvalue weighted by Crippen LogP contribution is -2.34. The molecule has 0 atom stereocenters. The minimum absolute atomic E-state index is 0.0286. The van der Waals surface area contributed by atoms with E-state index in [0.29, 0.717) is 24.8 Å². The summed E-state index contributed by atoms with van der Waals surface area (Å²) in [4.78, 5) is 12.4. The van der Waals surface area contributed by atoms with Crippen molar-refractivity contribution in [3.05, 3.63) is 59.7 Å². The van der Waals surface area contributed by atoms with E-state index < -0.39 is 0 Å². The van der Waals surface area contributed by atoms with Gasteiger partial charge in [-0.2, -0.15) is 0 Å². The topological polar surface area (TPSA) is 47.6 Å². The van der Waals surface area contributed by atoms with Crippen molar-refractivity contribution >= 4 is 5.91 Å². The Balaban J connectivity index is 1.49. The van der Waals surface area contributed by atoms with Gasteiger partial charge in [-0.1, -0.05) is 37.8 Å². The number of nitrogens with one attached hydrogen (secondary N) is 1. The second-order valence-electron chi connectivity index (χ2n) is 7.05. The molecule has 3 rings (SSSR count). The second kappa shape index (κ2) is 10.0. The van der Waals surface area contributed by atoms with E-state index in [9.17, 15) is 4.79 Å². The fourth-order valence-corrected chi connectivity index (χ4v) is 3.41. The fraction of sp³-hybridized carbons (Fsp3) is 0.435. The highest BCUT2D eigenvalue weighted by Crippen LogP contribution is 2.20. The number of ether oxygens (including phenoxy) is 2. The Kier molecular flexibility index (Phi) is 7.14. The molecule has 2 aromatic rings. The third kappa shape index (κ3) is 6.02. The van der Waals surface area contributed by atoms with E-state index in [1.807, 2.05) is 55.5 Å². The van der Waals surface area contributed by atoms with Crippen LogP contribution in [0.15, 0.2) is 48.5 Å². The van der Waals surface area contributed by atoms with Gasteiger partial charge in [0.25, 0.3) is 5.91 Å². The van der Waals surface area contributed by atoms with Crippen molar-refractivity contribution in [2.24, 2.45) is 0 Å². The molecule has 4 heteroatoms. The zero-order valence-electron chi connectivity index (χ0n) is 16.1. The molecule has 27 heavy (non-hydrogen) atoms. The first-order chi connectivity index (χ1) is 13.2. The normalized spacial score (nSPS) is 15.0. The molecule has 0 aromatic heterocycles. The van der Waals surface area contributed by atoms with Gasteiger partial charge < -0.3 is 14.8 Å². The van der Waals surface area contributed by atoms with Crippen molar-refractivity contribution < 1.29 is 14.3 Å². The molecule has 0 radical (unpaired) electrons. The molecule has 0 bridgehead atoms. The van der Waals surface area contributed by atoms with E-state index in [4.69, 9.17) is 9.47 Å². The zero-order valence-corrected chi connectivity index (χ0v) is 16.1. The molecule has 0 aliphatic heterocycles. The van der Waals surface area contributed by atoms with Crippen molar-refractivity contribution in [1.29, 1.82) is 0 Å². The first kappa shape index (κ1) is 19.3. The maximum absolute atomic E-state index is 12.4. The average Bonchev–Trinajstić information content (AvgIpc) is 2.97. The molecule has 1 saturated carbocycles. The Morgan fingerprint density at radius 3 is 2.07 bits per heavy atom. The summed E-state index contributed by atoms with van der Waals surface area (Å²) >= 11 is 0. The van der Waals surface area contributed by atoms with Gasteiger partial charge in [0.15, 0.2) is 0 Å². The van der Waals surface area contributed by atoms with Crippen molar-refractivity contribution in [2.75, 3.05) is 6.61 Å². The van der Waals surface area contributed by atoms with Gasteiger partial charge in [0.05, 0.1) is 6.61 Å². The number of hydrogen-bond acceptors (Lipinski definition) is 3. The fourth-order valence-electron chi connectivity index (χ4n) is 3.41. The van der Waals surface area contributed by atoms with Gasteiger partial charge in [0.2, 0.25) is 0 Å². The van der Waals surface area contributed by atoms with Crippen LogP contribution in [0.1, 0.15) is 61.4 Å². The van der Waals surface area contributed by atoms with Crippen molar-refractivity contribution in [3.63, 3.8) is 0 Å². The van der Waals surface area contributed by atoms with Gasteiger partial charge in [-0.15, -0.1) is 0 Å². The van der Waals surface area contributed by atoms with Gasteiger partial charge in [-0.05, 0) is 61.7 Å². The summed E-state index contributed by atoms with van der Waals surface area (Å²) < 4.78 is 11.2. The number of carbonyl (C=O) groups is 1. The van der Waals surface area contributed by atoms with E-state index in [1.54, 1.807) is 0 Å². The highest BCUT2D eigenvalue weighted by atomic mass is 16.5. The lowest BCUT2D eigenvalue weighted by Gasteiger charge is -2.16. The molecule has 144 valence electrons. The van der Waals surface area contributed by atoms with Crippen molar-refractivity contribution in [2.45, 2.75) is 58.1 Å². The van der Waals surface area contributed by atoms with Gasteiger partial charge in [-0.25, -0.2) is 0 Å². The smallest absolute Gasteiger partial charge is 0.251 e. The molecular formula is C23H29NO3. The Morgan fingerprint density at radius 1 is 0.889 bits per heavy atom. The first-order valence-corrected chi connectivity index (χ1v) is 10.00. The summed E-state index contributed by atoms with van der Waals surface area (Å²) in [5.74, 6) is 1.67. The Bertz CT molecular complexity index is 701. The lowest BCUT2D eigenvalue weighted by molar-refractivity contribution is 0.0933.